The van der Waals surface area contributed by atoms with E-state index in [0.717, 1.165) is 11.4 Å². The van der Waals surface area contributed by atoms with Crippen LogP contribution in [-0.4, -0.2) is 55.1 Å². The fraction of sp³-hybridized carbons (Fsp3) is 0.350. The van der Waals surface area contributed by atoms with E-state index in [-0.39, 0.29) is 18.2 Å². The average Bonchev–Trinajstić information content (AvgIpc) is 2.73. The molecule has 0 radical (unpaired) electrons. The summed E-state index contributed by atoms with van der Waals surface area (Å²) in [5.74, 6) is 1.34. The summed E-state index contributed by atoms with van der Waals surface area (Å²) in [6.07, 6.45) is 0. The summed E-state index contributed by atoms with van der Waals surface area (Å²) in [6, 6.07) is 13.7. The van der Waals surface area contributed by atoms with Gasteiger partial charge < -0.3 is 19.3 Å². The summed E-state index contributed by atoms with van der Waals surface area (Å²) >= 11 is 0. The SMILES string of the molecule is CCOc1ccc(OCC(=O)N2CCN(c3ccc([N+](=O)[O-])cc3)CC2)cc1. The lowest BCUT2D eigenvalue weighted by molar-refractivity contribution is -0.384. The molecule has 2 aromatic rings. The van der Waals surface area contributed by atoms with Crippen molar-refractivity contribution in [1.29, 1.82) is 0 Å². The number of carbonyl (C=O) groups is 1. The molecular weight excluding hydrogens is 362 g/mol. The molecule has 3 rings (SSSR count). The Morgan fingerprint density at radius 1 is 0.964 bits per heavy atom. The van der Waals surface area contributed by atoms with Crippen LogP contribution in [-0.2, 0) is 4.79 Å². The van der Waals surface area contributed by atoms with E-state index >= 15 is 0 Å². The normalized spacial score (nSPS) is 13.9. The van der Waals surface area contributed by atoms with Gasteiger partial charge in [-0.05, 0) is 43.3 Å². The fourth-order valence-corrected chi connectivity index (χ4v) is 3.03. The number of amides is 1. The van der Waals surface area contributed by atoms with Crippen LogP contribution >= 0.6 is 0 Å². The van der Waals surface area contributed by atoms with Gasteiger partial charge in [0.1, 0.15) is 11.5 Å². The third kappa shape index (κ3) is 4.91. The molecule has 0 unspecified atom stereocenters. The molecule has 0 aliphatic carbocycles. The predicted molar refractivity (Wildman–Crippen MR) is 105 cm³/mol. The smallest absolute Gasteiger partial charge is 0.269 e. The predicted octanol–water partition coefficient (Wildman–Crippen LogP) is 2.72. The second-order valence-corrected chi connectivity index (χ2v) is 6.33. The van der Waals surface area contributed by atoms with Crippen molar-refractivity contribution in [3.63, 3.8) is 0 Å². The van der Waals surface area contributed by atoms with E-state index in [9.17, 15) is 14.9 Å². The van der Waals surface area contributed by atoms with Gasteiger partial charge in [-0.3, -0.25) is 14.9 Å². The Bertz CT molecular complexity index is 800. The zero-order valence-corrected chi connectivity index (χ0v) is 15.7. The Labute approximate surface area is 163 Å². The number of carbonyl (C=O) groups excluding carboxylic acids is 1. The van der Waals surface area contributed by atoms with Crippen LogP contribution in [0.1, 0.15) is 6.92 Å². The first-order valence-electron chi connectivity index (χ1n) is 9.19. The molecule has 8 nitrogen and oxygen atoms in total. The number of piperazine rings is 1. The highest BCUT2D eigenvalue weighted by Crippen LogP contribution is 2.21. The molecule has 0 spiro atoms. The summed E-state index contributed by atoms with van der Waals surface area (Å²) < 4.78 is 11.0. The van der Waals surface area contributed by atoms with Crippen LogP contribution in [0.5, 0.6) is 11.5 Å². The van der Waals surface area contributed by atoms with Crippen LogP contribution in [0.25, 0.3) is 0 Å². The van der Waals surface area contributed by atoms with E-state index in [1.807, 2.05) is 19.1 Å². The molecule has 2 aromatic carbocycles. The number of non-ortho nitro benzene ring substituents is 1. The van der Waals surface area contributed by atoms with Crippen LogP contribution < -0.4 is 14.4 Å². The third-order valence-corrected chi connectivity index (χ3v) is 4.56. The van der Waals surface area contributed by atoms with E-state index in [0.29, 0.717) is 38.5 Å². The monoisotopic (exact) mass is 385 g/mol. The second kappa shape index (κ2) is 9.07. The van der Waals surface area contributed by atoms with Crippen molar-refractivity contribution in [1.82, 2.24) is 4.90 Å². The van der Waals surface area contributed by atoms with E-state index < -0.39 is 4.92 Å². The first-order chi connectivity index (χ1) is 13.6. The molecular formula is C20H23N3O5. The summed E-state index contributed by atoms with van der Waals surface area (Å²) in [5, 5.41) is 10.7. The minimum Gasteiger partial charge on any atom is -0.494 e. The number of nitro benzene ring substituents is 1. The summed E-state index contributed by atoms with van der Waals surface area (Å²) in [4.78, 5) is 26.6. The Hall–Kier alpha value is -3.29. The first kappa shape index (κ1) is 19.5. The minimum atomic E-state index is -0.412. The van der Waals surface area contributed by atoms with Gasteiger partial charge in [-0.2, -0.15) is 0 Å². The average molecular weight is 385 g/mol. The number of ether oxygens (including phenoxy) is 2. The second-order valence-electron chi connectivity index (χ2n) is 6.33. The molecule has 0 N–H and O–H groups in total. The van der Waals surface area contributed by atoms with Gasteiger partial charge >= 0.3 is 0 Å². The van der Waals surface area contributed by atoms with E-state index in [2.05, 4.69) is 4.90 Å². The molecule has 0 bridgehead atoms. The van der Waals surface area contributed by atoms with Gasteiger partial charge in [0, 0.05) is 44.0 Å². The lowest BCUT2D eigenvalue weighted by Gasteiger charge is -2.36. The van der Waals surface area contributed by atoms with E-state index in [4.69, 9.17) is 9.47 Å². The number of nitro groups is 1. The lowest BCUT2D eigenvalue weighted by atomic mass is 10.2. The zero-order valence-electron chi connectivity index (χ0n) is 15.7. The van der Waals surface area contributed by atoms with Crippen molar-refractivity contribution >= 4 is 17.3 Å². The van der Waals surface area contributed by atoms with Crippen LogP contribution in [0.4, 0.5) is 11.4 Å². The van der Waals surface area contributed by atoms with Crippen LogP contribution in [0.3, 0.4) is 0 Å². The lowest BCUT2D eigenvalue weighted by Crippen LogP contribution is -2.50. The van der Waals surface area contributed by atoms with E-state index in [1.54, 1.807) is 29.2 Å². The van der Waals surface area contributed by atoms with Crippen molar-refractivity contribution in [3.05, 3.63) is 58.6 Å². The van der Waals surface area contributed by atoms with E-state index in [1.165, 1.54) is 12.1 Å². The number of benzene rings is 2. The molecule has 8 heteroatoms. The molecule has 1 aliphatic heterocycles. The highest BCUT2D eigenvalue weighted by atomic mass is 16.6. The maximum absolute atomic E-state index is 12.4. The summed E-state index contributed by atoms with van der Waals surface area (Å²) in [5.41, 5.74) is 0.993. The Morgan fingerprint density at radius 3 is 2.07 bits per heavy atom. The van der Waals surface area contributed by atoms with Gasteiger partial charge in [0.2, 0.25) is 0 Å². The Kier molecular flexibility index (Phi) is 6.31. The van der Waals surface area contributed by atoms with Crippen molar-refractivity contribution in [2.75, 3.05) is 44.3 Å². The molecule has 1 fully saturated rings. The standard InChI is InChI=1S/C20H23N3O5/c1-2-27-18-7-9-19(10-8-18)28-15-20(24)22-13-11-21(12-14-22)16-3-5-17(6-4-16)23(25)26/h3-10H,2,11-15H2,1H3. The molecule has 1 aliphatic rings. The number of nitrogens with zero attached hydrogens (tertiary/aromatic N) is 3. The number of hydrogen-bond donors (Lipinski definition) is 0. The largest absolute Gasteiger partial charge is 0.494 e. The molecule has 0 saturated carbocycles. The van der Waals surface area contributed by atoms with Crippen molar-refractivity contribution in [2.45, 2.75) is 6.92 Å². The number of rotatable bonds is 7. The Morgan fingerprint density at radius 2 is 1.54 bits per heavy atom. The van der Waals surface area contributed by atoms with Gasteiger partial charge in [-0.15, -0.1) is 0 Å². The molecule has 148 valence electrons. The molecule has 28 heavy (non-hydrogen) atoms. The van der Waals surface area contributed by atoms with Crippen LogP contribution in [0, 0.1) is 10.1 Å². The molecule has 1 amide bonds. The van der Waals surface area contributed by atoms with Gasteiger partial charge in [0.05, 0.1) is 11.5 Å². The van der Waals surface area contributed by atoms with Gasteiger partial charge in [-0.1, -0.05) is 0 Å². The molecule has 0 atom stereocenters. The van der Waals surface area contributed by atoms with Crippen LogP contribution in [0.15, 0.2) is 48.5 Å². The molecule has 0 aromatic heterocycles. The topological polar surface area (TPSA) is 85.2 Å². The number of hydrogen-bond acceptors (Lipinski definition) is 6. The van der Waals surface area contributed by atoms with Gasteiger partial charge in [0.25, 0.3) is 11.6 Å². The maximum Gasteiger partial charge on any atom is 0.269 e. The van der Waals surface area contributed by atoms with Gasteiger partial charge in [0.15, 0.2) is 6.61 Å². The number of anilines is 1. The van der Waals surface area contributed by atoms with Crippen molar-refractivity contribution in [3.8, 4) is 11.5 Å². The summed E-state index contributed by atoms with van der Waals surface area (Å²) in [7, 11) is 0. The molecule has 1 heterocycles. The minimum absolute atomic E-state index is 0.00842. The highest BCUT2D eigenvalue weighted by molar-refractivity contribution is 5.78. The van der Waals surface area contributed by atoms with Crippen LogP contribution in [0.2, 0.25) is 0 Å². The van der Waals surface area contributed by atoms with Crippen molar-refractivity contribution in [2.24, 2.45) is 0 Å². The highest BCUT2D eigenvalue weighted by Gasteiger charge is 2.22. The fourth-order valence-electron chi connectivity index (χ4n) is 3.03. The first-order valence-corrected chi connectivity index (χ1v) is 9.19. The van der Waals surface area contributed by atoms with Gasteiger partial charge in [-0.25, -0.2) is 0 Å². The maximum atomic E-state index is 12.4. The third-order valence-electron chi connectivity index (χ3n) is 4.56. The summed E-state index contributed by atoms with van der Waals surface area (Å²) in [6.45, 7) is 5.03. The Balaban J connectivity index is 1.46. The molecule has 1 saturated heterocycles. The van der Waals surface area contributed by atoms with Crippen molar-refractivity contribution < 1.29 is 19.2 Å². The quantitative estimate of drug-likeness (QED) is 0.538. The zero-order chi connectivity index (χ0) is 19.9.